The van der Waals surface area contributed by atoms with Crippen LogP contribution in [0.4, 0.5) is 5.69 Å². The monoisotopic (exact) mass is 474 g/mol. The van der Waals surface area contributed by atoms with Crippen molar-refractivity contribution in [1.82, 2.24) is 14.9 Å². The van der Waals surface area contributed by atoms with Crippen LogP contribution in [-0.4, -0.2) is 21.8 Å². The van der Waals surface area contributed by atoms with Crippen LogP contribution in [0.3, 0.4) is 0 Å². The lowest BCUT2D eigenvalue weighted by atomic mass is 10.0. The molecule has 3 heterocycles. The summed E-state index contributed by atoms with van der Waals surface area (Å²) in [5.41, 5.74) is 5.22. The summed E-state index contributed by atoms with van der Waals surface area (Å²) >= 11 is 12.3. The number of rotatable bonds is 5. The summed E-state index contributed by atoms with van der Waals surface area (Å²) in [5.74, 6) is 0.625. The quantitative estimate of drug-likeness (QED) is 0.358. The van der Waals surface area contributed by atoms with Crippen molar-refractivity contribution in [1.29, 1.82) is 0 Å². The van der Waals surface area contributed by atoms with E-state index >= 15 is 0 Å². The molecule has 0 saturated carbocycles. The van der Waals surface area contributed by atoms with Gasteiger partial charge in [-0.15, -0.1) is 0 Å². The standard InChI is InChI=1S/C26H23ClN4OS/c1-17-8-3-4-10-21(17)30-15-7-11-22(30)25-24(20-9-5-6-14-28-20)29-26(33)31(25)18-12-13-23(32-2)19(27)16-18/h3-16,24-25H,1-2H3,(H,29,33). The lowest BCUT2D eigenvalue weighted by Crippen LogP contribution is -2.30. The zero-order valence-electron chi connectivity index (χ0n) is 18.3. The fraction of sp³-hybridized carbons (Fsp3) is 0.154. The van der Waals surface area contributed by atoms with E-state index in [2.05, 4.69) is 69.3 Å². The number of hydrogen-bond donors (Lipinski definition) is 1. The molecule has 0 spiro atoms. The highest BCUT2D eigenvalue weighted by atomic mass is 35.5. The molecule has 1 saturated heterocycles. The minimum absolute atomic E-state index is 0.141. The molecule has 7 heteroatoms. The lowest BCUT2D eigenvalue weighted by Gasteiger charge is -2.29. The number of pyridine rings is 1. The molecule has 2 unspecified atom stereocenters. The van der Waals surface area contributed by atoms with E-state index in [0.29, 0.717) is 15.9 Å². The largest absolute Gasteiger partial charge is 0.495 e. The van der Waals surface area contributed by atoms with Gasteiger partial charge in [-0.25, -0.2) is 0 Å². The normalized spacial score (nSPS) is 17.8. The predicted octanol–water partition coefficient (Wildman–Crippen LogP) is 6.02. The number of aryl methyl sites for hydroxylation is 1. The van der Waals surface area contributed by atoms with E-state index in [1.165, 1.54) is 5.56 Å². The maximum Gasteiger partial charge on any atom is 0.174 e. The van der Waals surface area contributed by atoms with Crippen LogP contribution in [0.5, 0.6) is 5.75 Å². The van der Waals surface area contributed by atoms with Crippen LogP contribution in [0.2, 0.25) is 5.02 Å². The van der Waals surface area contributed by atoms with Crippen molar-refractivity contribution in [3.05, 3.63) is 107 Å². The lowest BCUT2D eigenvalue weighted by molar-refractivity contribution is 0.415. The highest BCUT2D eigenvalue weighted by Gasteiger charge is 2.42. The molecule has 2 atom stereocenters. The average Bonchev–Trinajstić information content (AvgIpc) is 3.44. The fourth-order valence-electron chi connectivity index (χ4n) is 4.43. The van der Waals surface area contributed by atoms with Gasteiger partial charge in [0.05, 0.1) is 23.9 Å². The zero-order chi connectivity index (χ0) is 22.9. The van der Waals surface area contributed by atoms with Gasteiger partial charge in [0.25, 0.3) is 0 Å². The molecular formula is C26H23ClN4OS. The molecule has 1 fully saturated rings. The van der Waals surface area contributed by atoms with E-state index in [1.807, 2.05) is 42.6 Å². The third kappa shape index (κ3) is 3.86. The molecule has 1 N–H and O–H groups in total. The number of thiocarbonyl (C=S) groups is 1. The number of ether oxygens (including phenoxy) is 1. The van der Waals surface area contributed by atoms with E-state index in [1.54, 1.807) is 7.11 Å². The van der Waals surface area contributed by atoms with Gasteiger partial charge in [0.2, 0.25) is 0 Å². The Labute approximate surface area is 203 Å². The molecule has 5 nitrogen and oxygen atoms in total. The molecule has 1 aliphatic rings. The van der Waals surface area contributed by atoms with E-state index in [9.17, 15) is 0 Å². The van der Waals surface area contributed by atoms with Gasteiger partial charge in [0, 0.05) is 29.5 Å². The Morgan fingerprint density at radius 3 is 2.58 bits per heavy atom. The van der Waals surface area contributed by atoms with Crippen LogP contribution in [0.1, 0.15) is 29.0 Å². The second-order valence-corrected chi connectivity index (χ2v) is 8.70. The molecule has 1 aliphatic heterocycles. The van der Waals surface area contributed by atoms with Crippen LogP contribution < -0.4 is 15.0 Å². The van der Waals surface area contributed by atoms with Crippen molar-refractivity contribution in [2.75, 3.05) is 12.0 Å². The van der Waals surface area contributed by atoms with Crippen LogP contribution in [0.25, 0.3) is 5.69 Å². The first kappa shape index (κ1) is 21.5. The minimum Gasteiger partial charge on any atom is -0.495 e. The highest BCUT2D eigenvalue weighted by molar-refractivity contribution is 7.80. The van der Waals surface area contributed by atoms with Gasteiger partial charge in [-0.05, 0) is 73.2 Å². The molecule has 33 heavy (non-hydrogen) atoms. The molecule has 0 radical (unpaired) electrons. The topological polar surface area (TPSA) is 42.3 Å². The van der Waals surface area contributed by atoms with Crippen LogP contribution in [0, 0.1) is 6.92 Å². The first-order valence-corrected chi connectivity index (χ1v) is 11.4. The third-order valence-electron chi connectivity index (χ3n) is 5.97. The number of methoxy groups -OCH3 is 1. The summed E-state index contributed by atoms with van der Waals surface area (Å²) in [5, 5.41) is 4.66. The van der Waals surface area contributed by atoms with Crippen LogP contribution >= 0.6 is 23.8 Å². The van der Waals surface area contributed by atoms with E-state index in [0.717, 1.165) is 22.8 Å². The van der Waals surface area contributed by atoms with Crippen molar-refractivity contribution in [2.24, 2.45) is 0 Å². The Morgan fingerprint density at radius 1 is 1.03 bits per heavy atom. The van der Waals surface area contributed by atoms with Crippen molar-refractivity contribution in [3.63, 3.8) is 0 Å². The molecule has 4 aromatic rings. The Balaban J connectivity index is 1.68. The number of nitrogens with one attached hydrogen (secondary N) is 1. The zero-order valence-corrected chi connectivity index (χ0v) is 19.8. The number of para-hydroxylation sites is 1. The van der Waals surface area contributed by atoms with Crippen molar-refractivity contribution < 1.29 is 4.74 Å². The first-order valence-electron chi connectivity index (χ1n) is 10.7. The molecular weight excluding hydrogens is 452 g/mol. The number of hydrogen-bond acceptors (Lipinski definition) is 3. The molecule has 2 aromatic heterocycles. The van der Waals surface area contributed by atoms with Gasteiger partial charge in [-0.2, -0.15) is 0 Å². The highest BCUT2D eigenvalue weighted by Crippen LogP contribution is 2.43. The van der Waals surface area contributed by atoms with Gasteiger partial charge < -0.3 is 19.5 Å². The summed E-state index contributed by atoms with van der Waals surface area (Å²) in [7, 11) is 1.61. The fourth-order valence-corrected chi connectivity index (χ4v) is 5.02. The number of benzene rings is 2. The number of nitrogens with zero attached hydrogens (tertiary/aromatic N) is 3. The Bertz CT molecular complexity index is 1310. The summed E-state index contributed by atoms with van der Waals surface area (Å²) in [4.78, 5) is 6.76. The van der Waals surface area contributed by atoms with E-state index in [4.69, 9.17) is 28.6 Å². The van der Waals surface area contributed by atoms with Crippen LogP contribution in [-0.2, 0) is 0 Å². The van der Waals surface area contributed by atoms with Gasteiger partial charge in [0.1, 0.15) is 11.8 Å². The minimum atomic E-state index is -0.147. The Hall–Kier alpha value is -3.35. The summed E-state index contributed by atoms with van der Waals surface area (Å²) in [6, 6.07) is 24.0. The molecule has 0 bridgehead atoms. The smallest absolute Gasteiger partial charge is 0.174 e. The van der Waals surface area contributed by atoms with Crippen molar-refractivity contribution >= 4 is 34.6 Å². The van der Waals surface area contributed by atoms with Gasteiger partial charge in [-0.3, -0.25) is 4.98 Å². The predicted molar refractivity (Wildman–Crippen MR) is 136 cm³/mol. The maximum absolute atomic E-state index is 6.50. The first-order chi connectivity index (χ1) is 16.1. The Kier molecular flexibility index (Phi) is 5.79. The summed E-state index contributed by atoms with van der Waals surface area (Å²) in [6.07, 6.45) is 3.90. The second kappa shape index (κ2) is 8.89. The van der Waals surface area contributed by atoms with Gasteiger partial charge >= 0.3 is 0 Å². The van der Waals surface area contributed by atoms with Gasteiger partial charge in [-0.1, -0.05) is 35.9 Å². The summed E-state index contributed by atoms with van der Waals surface area (Å²) < 4.78 is 7.58. The number of halogens is 1. The van der Waals surface area contributed by atoms with E-state index in [-0.39, 0.29) is 12.1 Å². The van der Waals surface area contributed by atoms with E-state index < -0.39 is 0 Å². The summed E-state index contributed by atoms with van der Waals surface area (Å²) in [6.45, 7) is 2.12. The number of aromatic nitrogens is 2. The number of anilines is 1. The Morgan fingerprint density at radius 2 is 1.85 bits per heavy atom. The molecule has 0 aliphatic carbocycles. The van der Waals surface area contributed by atoms with Crippen molar-refractivity contribution in [3.8, 4) is 11.4 Å². The molecule has 5 rings (SSSR count). The molecule has 0 amide bonds. The van der Waals surface area contributed by atoms with Gasteiger partial charge in [0.15, 0.2) is 5.11 Å². The molecule has 166 valence electrons. The SMILES string of the molecule is COc1ccc(N2C(=S)NC(c3ccccn3)C2c2cccn2-c2ccccc2C)cc1Cl. The maximum atomic E-state index is 6.50. The second-order valence-electron chi connectivity index (χ2n) is 7.90. The third-order valence-corrected chi connectivity index (χ3v) is 6.58. The average molecular weight is 475 g/mol. The van der Waals surface area contributed by atoms with Crippen molar-refractivity contribution in [2.45, 2.75) is 19.0 Å². The molecule has 2 aromatic carbocycles. The van der Waals surface area contributed by atoms with Crippen LogP contribution in [0.15, 0.2) is 85.2 Å².